The summed E-state index contributed by atoms with van der Waals surface area (Å²) in [4.78, 5) is 18.6. The highest BCUT2D eigenvalue weighted by atomic mass is 16.5. The Balaban J connectivity index is 1.54. The largest absolute Gasteiger partial charge is 0.491 e. The minimum absolute atomic E-state index is 0.146. The quantitative estimate of drug-likeness (QED) is 0.764. The first-order chi connectivity index (χ1) is 12.5. The molecular formula is C20H27N3O3. The summed E-state index contributed by atoms with van der Waals surface area (Å²) in [5.74, 6) is 1.91. The Morgan fingerprint density at radius 3 is 2.88 bits per heavy atom. The van der Waals surface area contributed by atoms with Gasteiger partial charge < -0.3 is 18.9 Å². The predicted molar refractivity (Wildman–Crippen MR) is 99.2 cm³/mol. The molecule has 1 aromatic carbocycles. The highest BCUT2D eigenvalue weighted by Gasteiger charge is 2.40. The standard InChI is InChI=1S/C20H27N3O3/c1-16-5-4-6-18(13-16)26-15-20(25-3)8-11-23(14-20)19(24)7-10-22-12-9-21-17(22)2/h4-6,9,12-13H,7-8,10-11,14-15H2,1-3H3/t20-/m0/s1. The lowest BCUT2D eigenvalue weighted by atomic mass is 10.0. The first-order valence-electron chi connectivity index (χ1n) is 9.01. The maximum Gasteiger partial charge on any atom is 0.224 e. The van der Waals surface area contributed by atoms with E-state index in [4.69, 9.17) is 9.47 Å². The molecule has 2 aromatic rings. The van der Waals surface area contributed by atoms with Crippen molar-refractivity contribution in [3.8, 4) is 5.75 Å². The molecule has 0 N–H and O–H groups in total. The molecule has 6 heteroatoms. The second kappa shape index (κ2) is 7.91. The summed E-state index contributed by atoms with van der Waals surface area (Å²) in [6.45, 7) is 6.35. The van der Waals surface area contributed by atoms with Crippen LogP contribution in [0.3, 0.4) is 0 Å². The Bertz CT molecular complexity index is 758. The molecule has 140 valence electrons. The maximum absolute atomic E-state index is 12.6. The van der Waals surface area contributed by atoms with E-state index in [1.54, 1.807) is 13.3 Å². The van der Waals surface area contributed by atoms with E-state index in [9.17, 15) is 4.79 Å². The Labute approximate surface area is 154 Å². The minimum Gasteiger partial charge on any atom is -0.491 e. The van der Waals surface area contributed by atoms with Crippen LogP contribution in [-0.2, 0) is 16.1 Å². The third-order valence-corrected chi connectivity index (χ3v) is 5.08. The normalized spacial score (nSPS) is 19.7. The molecule has 1 aromatic heterocycles. The van der Waals surface area contributed by atoms with Gasteiger partial charge >= 0.3 is 0 Å². The van der Waals surface area contributed by atoms with Gasteiger partial charge in [-0.2, -0.15) is 0 Å². The zero-order valence-electron chi connectivity index (χ0n) is 15.8. The molecule has 1 amide bonds. The number of nitrogens with zero attached hydrogens (tertiary/aromatic N) is 3. The van der Waals surface area contributed by atoms with Gasteiger partial charge in [0.25, 0.3) is 0 Å². The van der Waals surface area contributed by atoms with Crippen LogP contribution in [-0.4, -0.2) is 52.8 Å². The number of carbonyl (C=O) groups is 1. The van der Waals surface area contributed by atoms with Crippen molar-refractivity contribution >= 4 is 5.91 Å². The number of hydrogen-bond donors (Lipinski definition) is 0. The molecule has 0 bridgehead atoms. The lowest BCUT2D eigenvalue weighted by Crippen LogP contribution is -2.42. The summed E-state index contributed by atoms with van der Waals surface area (Å²) < 4.78 is 13.7. The van der Waals surface area contributed by atoms with E-state index in [0.717, 1.165) is 23.6 Å². The first kappa shape index (κ1) is 18.5. The molecule has 1 aliphatic rings. The smallest absolute Gasteiger partial charge is 0.224 e. The molecule has 0 spiro atoms. The molecule has 26 heavy (non-hydrogen) atoms. The number of likely N-dealkylation sites (tertiary alicyclic amines) is 1. The van der Waals surface area contributed by atoms with E-state index >= 15 is 0 Å². The summed E-state index contributed by atoms with van der Waals surface area (Å²) in [5.41, 5.74) is 0.719. The van der Waals surface area contributed by atoms with Crippen LogP contribution < -0.4 is 4.74 Å². The van der Waals surface area contributed by atoms with Crippen LogP contribution in [0.1, 0.15) is 24.2 Å². The number of aryl methyl sites for hydroxylation is 3. The molecule has 1 atom stereocenters. The fourth-order valence-corrected chi connectivity index (χ4v) is 3.34. The van der Waals surface area contributed by atoms with Crippen LogP contribution in [0, 0.1) is 13.8 Å². The van der Waals surface area contributed by atoms with Crippen molar-refractivity contribution in [3.63, 3.8) is 0 Å². The third kappa shape index (κ3) is 4.25. The number of carbonyl (C=O) groups excluding carboxylic acids is 1. The van der Waals surface area contributed by atoms with Crippen molar-refractivity contribution < 1.29 is 14.3 Å². The van der Waals surface area contributed by atoms with Crippen molar-refractivity contribution in [3.05, 3.63) is 48.0 Å². The van der Waals surface area contributed by atoms with Crippen molar-refractivity contribution in [2.24, 2.45) is 0 Å². The summed E-state index contributed by atoms with van der Waals surface area (Å²) in [6, 6.07) is 7.97. The van der Waals surface area contributed by atoms with Gasteiger partial charge in [-0.3, -0.25) is 4.79 Å². The molecule has 1 aliphatic heterocycles. The van der Waals surface area contributed by atoms with Gasteiger partial charge in [0.05, 0.1) is 6.54 Å². The minimum atomic E-state index is -0.440. The van der Waals surface area contributed by atoms with Crippen LogP contribution in [0.2, 0.25) is 0 Å². The van der Waals surface area contributed by atoms with Crippen molar-refractivity contribution in [1.82, 2.24) is 14.5 Å². The lowest BCUT2D eigenvalue weighted by molar-refractivity contribution is -0.132. The molecule has 1 fully saturated rings. The van der Waals surface area contributed by atoms with Crippen molar-refractivity contribution in [2.75, 3.05) is 26.8 Å². The van der Waals surface area contributed by atoms with E-state index < -0.39 is 5.60 Å². The average molecular weight is 357 g/mol. The maximum atomic E-state index is 12.6. The Morgan fingerprint density at radius 2 is 2.19 bits per heavy atom. The van der Waals surface area contributed by atoms with Crippen molar-refractivity contribution in [2.45, 2.75) is 38.8 Å². The fourth-order valence-electron chi connectivity index (χ4n) is 3.34. The average Bonchev–Trinajstić information content (AvgIpc) is 3.25. The molecule has 0 unspecified atom stereocenters. The SMILES string of the molecule is CO[C@@]1(COc2cccc(C)c2)CCN(C(=O)CCn2ccnc2C)C1. The molecule has 3 rings (SSSR count). The zero-order chi connectivity index (χ0) is 18.6. The number of amides is 1. The highest BCUT2D eigenvalue weighted by Crippen LogP contribution is 2.27. The molecule has 1 saturated heterocycles. The number of aromatic nitrogens is 2. The number of hydrogen-bond acceptors (Lipinski definition) is 4. The van der Waals surface area contributed by atoms with E-state index in [1.165, 1.54) is 0 Å². The summed E-state index contributed by atoms with van der Waals surface area (Å²) in [6.07, 6.45) is 4.91. The molecular weight excluding hydrogens is 330 g/mol. The monoisotopic (exact) mass is 357 g/mol. The summed E-state index contributed by atoms with van der Waals surface area (Å²) in [7, 11) is 1.70. The van der Waals surface area contributed by atoms with Gasteiger partial charge in [-0.1, -0.05) is 12.1 Å². The first-order valence-corrected chi connectivity index (χ1v) is 9.01. The van der Waals surface area contributed by atoms with Gasteiger partial charge in [0.2, 0.25) is 5.91 Å². The number of ether oxygens (including phenoxy) is 2. The topological polar surface area (TPSA) is 56.6 Å². The Hall–Kier alpha value is -2.34. The Kier molecular flexibility index (Phi) is 5.61. The van der Waals surface area contributed by atoms with Gasteiger partial charge in [0, 0.05) is 39.0 Å². The van der Waals surface area contributed by atoms with Gasteiger partial charge in [-0.05, 0) is 38.0 Å². The second-order valence-electron chi connectivity index (χ2n) is 6.98. The van der Waals surface area contributed by atoms with E-state index in [1.807, 2.05) is 53.8 Å². The summed E-state index contributed by atoms with van der Waals surface area (Å²) >= 11 is 0. The Morgan fingerprint density at radius 1 is 1.35 bits per heavy atom. The van der Waals surface area contributed by atoms with Gasteiger partial charge in [-0.15, -0.1) is 0 Å². The van der Waals surface area contributed by atoms with Crippen LogP contribution >= 0.6 is 0 Å². The number of methoxy groups -OCH3 is 1. The zero-order valence-corrected chi connectivity index (χ0v) is 15.8. The summed E-state index contributed by atoms with van der Waals surface area (Å²) in [5, 5.41) is 0. The fraction of sp³-hybridized carbons (Fsp3) is 0.500. The van der Waals surface area contributed by atoms with E-state index in [-0.39, 0.29) is 5.91 Å². The van der Waals surface area contributed by atoms with Crippen LogP contribution in [0.15, 0.2) is 36.7 Å². The molecule has 0 aliphatic carbocycles. The molecule has 6 nitrogen and oxygen atoms in total. The number of rotatable bonds is 7. The van der Waals surface area contributed by atoms with Gasteiger partial charge in [0.1, 0.15) is 23.8 Å². The molecule has 0 radical (unpaired) electrons. The van der Waals surface area contributed by atoms with Crippen LogP contribution in [0.5, 0.6) is 5.75 Å². The van der Waals surface area contributed by atoms with Crippen molar-refractivity contribution in [1.29, 1.82) is 0 Å². The van der Waals surface area contributed by atoms with Crippen LogP contribution in [0.25, 0.3) is 0 Å². The highest BCUT2D eigenvalue weighted by molar-refractivity contribution is 5.76. The van der Waals surface area contributed by atoms with E-state index in [2.05, 4.69) is 4.98 Å². The molecule has 0 saturated carbocycles. The molecule has 2 heterocycles. The second-order valence-corrected chi connectivity index (χ2v) is 6.98. The predicted octanol–water partition coefficient (Wildman–Crippen LogP) is 2.59. The van der Waals surface area contributed by atoms with Gasteiger partial charge in [0.15, 0.2) is 0 Å². The number of benzene rings is 1. The lowest BCUT2D eigenvalue weighted by Gasteiger charge is -2.28. The van der Waals surface area contributed by atoms with E-state index in [0.29, 0.717) is 32.7 Å². The van der Waals surface area contributed by atoms with Crippen LogP contribution in [0.4, 0.5) is 0 Å². The number of imidazole rings is 1. The van der Waals surface area contributed by atoms with Gasteiger partial charge in [-0.25, -0.2) is 4.98 Å². The third-order valence-electron chi connectivity index (χ3n) is 5.08.